The SMILES string of the molecule is Brc1cc(-c2nc3cc4c(cc3[nH]2)OCCCO4)c(Br)s1. The van der Waals surface area contributed by atoms with Crippen LogP contribution in [0.3, 0.4) is 0 Å². The van der Waals surface area contributed by atoms with E-state index in [2.05, 4.69) is 41.8 Å². The molecule has 0 saturated carbocycles. The Morgan fingerprint density at radius 1 is 1.10 bits per heavy atom. The van der Waals surface area contributed by atoms with Crippen LogP contribution in [0.5, 0.6) is 11.5 Å². The number of thiophene rings is 1. The van der Waals surface area contributed by atoms with E-state index in [1.807, 2.05) is 18.2 Å². The van der Waals surface area contributed by atoms with Gasteiger partial charge < -0.3 is 14.5 Å². The number of rotatable bonds is 1. The highest BCUT2D eigenvalue weighted by Crippen LogP contribution is 2.39. The Morgan fingerprint density at radius 3 is 2.57 bits per heavy atom. The monoisotopic (exact) mass is 428 g/mol. The van der Waals surface area contributed by atoms with Crippen LogP contribution in [-0.4, -0.2) is 23.2 Å². The zero-order chi connectivity index (χ0) is 14.4. The molecule has 21 heavy (non-hydrogen) atoms. The van der Waals surface area contributed by atoms with Gasteiger partial charge in [-0.3, -0.25) is 0 Å². The minimum Gasteiger partial charge on any atom is -0.489 e. The molecular weight excluding hydrogens is 420 g/mol. The third kappa shape index (κ3) is 2.47. The standard InChI is InChI=1S/C14H10Br2N2O2S/c15-12-4-7(13(16)21-12)14-17-8-5-10-11(6-9(8)18-14)20-3-1-2-19-10/h4-6H,1-3H2,(H,17,18). The first kappa shape index (κ1) is 13.6. The number of imidazole rings is 1. The van der Waals surface area contributed by atoms with Gasteiger partial charge in [0.1, 0.15) is 5.82 Å². The lowest BCUT2D eigenvalue weighted by atomic mass is 10.3. The molecule has 4 nitrogen and oxygen atoms in total. The molecule has 0 atom stereocenters. The van der Waals surface area contributed by atoms with Gasteiger partial charge in [-0.1, -0.05) is 0 Å². The van der Waals surface area contributed by atoms with Crippen molar-refractivity contribution in [2.45, 2.75) is 6.42 Å². The van der Waals surface area contributed by atoms with Gasteiger partial charge >= 0.3 is 0 Å². The minimum atomic E-state index is 0.679. The molecule has 0 unspecified atom stereocenters. The Bertz CT molecular complexity index is 785. The van der Waals surface area contributed by atoms with E-state index < -0.39 is 0 Å². The lowest BCUT2D eigenvalue weighted by Crippen LogP contribution is -1.97. The third-order valence-corrected chi connectivity index (χ3v) is 5.60. The summed E-state index contributed by atoms with van der Waals surface area (Å²) in [5.74, 6) is 2.38. The number of fused-ring (bicyclic) bond motifs is 2. The van der Waals surface area contributed by atoms with Crippen molar-refractivity contribution in [1.29, 1.82) is 0 Å². The number of benzene rings is 1. The van der Waals surface area contributed by atoms with Crippen LogP contribution in [0.1, 0.15) is 6.42 Å². The summed E-state index contributed by atoms with van der Waals surface area (Å²) in [5.41, 5.74) is 2.87. The third-order valence-electron chi connectivity index (χ3n) is 3.26. The van der Waals surface area contributed by atoms with Gasteiger partial charge in [-0.25, -0.2) is 4.98 Å². The first-order valence-electron chi connectivity index (χ1n) is 6.45. The van der Waals surface area contributed by atoms with Gasteiger partial charge in [-0.05, 0) is 37.9 Å². The average Bonchev–Trinajstić information content (AvgIpc) is 2.91. The molecule has 0 spiro atoms. The second-order valence-electron chi connectivity index (χ2n) is 4.69. The zero-order valence-electron chi connectivity index (χ0n) is 10.8. The minimum absolute atomic E-state index is 0.679. The van der Waals surface area contributed by atoms with Crippen molar-refractivity contribution in [3.63, 3.8) is 0 Å². The fraction of sp³-hybridized carbons (Fsp3) is 0.214. The predicted molar refractivity (Wildman–Crippen MR) is 90.4 cm³/mol. The van der Waals surface area contributed by atoms with Crippen LogP contribution >= 0.6 is 43.2 Å². The van der Waals surface area contributed by atoms with E-state index in [1.165, 1.54) is 0 Å². The first-order valence-corrected chi connectivity index (χ1v) is 8.85. The Morgan fingerprint density at radius 2 is 1.86 bits per heavy atom. The molecule has 0 saturated heterocycles. The van der Waals surface area contributed by atoms with Gasteiger partial charge in [-0.15, -0.1) is 11.3 Å². The number of hydrogen-bond acceptors (Lipinski definition) is 4. The van der Waals surface area contributed by atoms with E-state index in [-0.39, 0.29) is 0 Å². The summed E-state index contributed by atoms with van der Waals surface area (Å²) in [6.45, 7) is 1.36. The van der Waals surface area contributed by atoms with Crippen molar-refractivity contribution < 1.29 is 9.47 Å². The van der Waals surface area contributed by atoms with E-state index in [9.17, 15) is 0 Å². The van der Waals surface area contributed by atoms with Gasteiger partial charge in [0.2, 0.25) is 0 Å². The van der Waals surface area contributed by atoms with E-state index in [4.69, 9.17) is 9.47 Å². The van der Waals surface area contributed by atoms with E-state index in [0.717, 1.165) is 47.9 Å². The van der Waals surface area contributed by atoms with Crippen LogP contribution in [0.4, 0.5) is 0 Å². The van der Waals surface area contributed by atoms with Crippen LogP contribution in [0.15, 0.2) is 25.8 Å². The van der Waals surface area contributed by atoms with Crippen LogP contribution in [0.2, 0.25) is 0 Å². The topological polar surface area (TPSA) is 47.1 Å². The molecule has 0 aliphatic carbocycles. The molecule has 0 bridgehead atoms. The van der Waals surface area contributed by atoms with E-state index in [0.29, 0.717) is 13.2 Å². The molecule has 0 amide bonds. The van der Waals surface area contributed by atoms with E-state index in [1.54, 1.807) is 11.3 Å². The largest absolute Gasteiger partial charge is 0.489 e. The lowest BCUT2D eigenvalue weighted by Gasteiger charge is -2.05. The predicted octanol–water partition coefficient (Wildman–Crippen LogP) is 4.98. The molecule has 4 rings (SSSR count). The molecule has 7 heteroatoms. The normalized spacial score (nSPS) is 14.4. The highest BCUT2D eigenvalue weighted by Gasteiger charge is 2.16. The maximum Gasteiger partial charge on any atom is 0.163 e. The maximum atomic E-state index is 5.71. The van der Waals surface area contributed by atoms with Gasteiger partial charge in [0.15, 0.2) is 11.5 Å². The number of aromatic nitrogens is 2. The molecule has 1 aromatic carbocycles. The fourth-order valence-electron chi connectivity index (χ4n) is 2.30. The van der Waals surface area contributed by atoms with Gasteiger partial charge in [-0.2, -0.15) is 0 Å². The summed E-state index contributed by atoms with van der Waals surface area (Å²) in [4.78, 5) is 8.01. The van der Waals surface area contributed by atoms with Crippen molar-refractivity contribution in [1.82, 2.24) is 9.97 Å². The van der Waals surface area contributed by atoms with Crippen LogP contribution in [0.25, 0.3) is 22.4 Å². The Labute approximate surface area is 141 Å². The van der Waals surface area contributed by atoms with Gasteiger partial charge in [0.05, 0.1) is 31.8 Å². The number of nitrogens with zero attached hydrogens (tertiary/aromatic N) is 1. The summed E-state index contributed by atoms with van der Waals surface area (Å²) in [7, 11) is 0. The molecule has 3 aromatic rings. The number of ether oxygens (including phenoxy) is 2. The fourth-order valence-corrected chi connectivity index (χ4v) is 5.10. The number of halogens is 2. The van der Waals surface area contributed by atoms with Crippen molar-refractivity contribution in [2.75, 3.05) is 13.2 Å². The Hall–Kier alpha value is -1.05. The molecule has 1 N–H and O–H groups in total. The second-order valence-corrected chi connectivity index (χ2v) is 8.44. The molecule has 1 aliphatic heterocycles. The summed E-state index contributed by atoms with van der Waals surface area (Å²) < 4.78 is 13.5. The quantitative estimate of drug-likeness (QED) is 0.593. The maximum absolute atomic E-state index is 5.71. The molecule has 0 fully saturated rings. The summed E-state index contributed by atoms with van der Waals surface area (Å²) in [5, 5.41) is 0. The number of aromatic amines is 1. The molecule has 2 aromatic heterocycles. The molecular formula is C14H10Br2N2O2S. The molecule has 108 valence electrons. The van der Waals surface area contributed by atoms with Gasteiger partial charge in [0.25, 0.3) is 0 Å². The lowest BCUT2D eigenvalue weighted by molar-refractivity contribution is 0.297. The van der Waals surface area contributed by atoms with E-state index >= 15 is 0 Å². The summed E-state index contributed by atoms with van der Waals surface area (Å²) in [6.07, 6.45) is 0.900. The van der Waals surface area contributed by atoms with Crippen LogP contribution < -0.4 is 9.47 Å². The Balaban J connectivity index is 1.85. The highest BCUT2D eigenvalue weighted by atomic mass is 79.9. The molecule has 3 heterocycles. The van der Waals surface area contributed by atoms with Crippen molar-refractivity contribution in [3.05, 3.63) is 25.8 Å². The second kappa shape index (κ2) is 5.30. The molecule has 1 aliphatic rings. The van der Waals surface area contributed by atoms with Gasteiger partial charge in [0, 0.05) is 24.1 Å². The number of H-pyrrole nitrogens is 1. The zero-order valence-corrected chi connectivity index (χ0v) is 14.8. The smallest absolute Gasteiger partial charge is 0.163 e. The first-order chi connectivity index (χ1) is 10.2. The summed E-state index contributed by atoms with van der Waals surface area (Å²) >= 11 is 8.69. The average molecular weight is 430 g/mol. The van der Waals surface area contributed by atoms with Crippen LogP contribution in [-0.2, 0) is 0 Å². The number of hydrogen-bond donors (Lipinski definition) is 1. The highest BCUT2D eigenvalue weighted by molar-refractivity contribution is 9.12. The summed E-state index contributed by atoms with van der Waals surface area (Å²) in [6, 6.07) is 5.94. The molecule has 0 radical (unpaired) electrons. The van der Waals surface area contributed by atoms with Crippen molar-refractivity contribution in [3.8, 4) is 22.9 Å². The van der Waals surface area contributed by atoms with Crippen LogP contribution in [0, 0.1) is 0 Å². The Kier molecular flexibility index (Phi) is 3.43. The van der Waals surface area contributed by atoms with Crippen molar-refractivity contribution in [2.24, 2.45) is 0 Å². The number of nitrogens with one attached hydrogen (secondary N) is 1. The van der Waals surface area contributed by atoms with Crippen molar-refractivity contribution >= 4 is 54.2 Å².